The molecule has 0 bridgehead atoms. The van der Waals surface area contributed by atoms with Crippen molar-refractivity contribution < 1.29 is 14.5 Å². The van der Waals surface area contributed by atoms with Gasteiger partial charge in [0.1, 0.15) is 18.2 Å². The molecule has 2 aliphatic rings. The standard InChI is InChI=1S/C20H22N4O4/c1-13-11-16(28-20(25)14-5-7-15(8-6-14)24(26)27)18-17(13)19(22-12-21-18)23-9-3-2-4-10-23/h5-8,12-13,16H,2-4,9-11H2,1H3/t13-,16+/m1/s1. The van der Waals surface area contributed by atoms with E-state index in [4.69, 9.17) is 4.74 Å². The summed E-state index contributed by atoms with van der Waals surface area (Å²) in [4.78, 5) is 34.1. The number of piperidine rings is 1. The number of aromatic nitrogens is 2. The summed E-state index contributed by atoms with van der Waals surface area (Å²) in [5.41, 5.74) is 2.08. The summed E-state index contributed by atoms with van der Waals surface area (Å²) in [5, 5.41) is 10.8. The van der Waals surface area contributed by atoms with Gasteiger partial charge in [-0.1, -0.05) is 6.92 Å². The molecule has 1 aromatic heterocycles. The van der Waals surface area contributed by atoms with Crippen LogP contribution >= 0.6 is 0 Å². The number of benzene rings is 1. The van der Waals surface area contributed by atoms with Crippen LogP contribution in [0.3, 0.4) is 0 Å². The molecule has 0 saturated carbocycles. The van der Waals surface area contributed by atoms with Gasteiger partial charge in [-0.15, -0.1) is 0 Å². The van der Waals surface area contributed by atoms with Crippen LogP contribution in [0.1, 0.15) is 66.2 Å². The highest BCUT2D eigenvalue weighted by molar-refractivity contribution is 5.89. The average Bonchev–Trinajstić information content (AvgIpc) is 3.04. The molecule has 28 heavy (non-hydrogen) atoms. The van der Waals surface area contributed by atoms with E-state index in [1.165, 1.54) is 30.7 Å². The fourth-order valence-corrected chi connectivity index (χ4v) is 4.06. The first-order chi connectivity index (χ1) is 13.5. The number of carbonyl (C=O) groups is 1. The number of nitro groups is 1. The lowest BCUT2D eigenvalue weighted by Gasteiger charge is -2.29. The number of ether oxygens (including phenoxy) is 1. The van der Waals surface area contributed by atoms with E-state index in [1.807, 2.05) is 0 Å². The summed E-state index contributed by atoms with van der Waals surface area (Å²) in [6, 6.07) is 5.44. The third-order valence-electron chi connectivity index (χ3n) is 5.48. The topological polar surface area (TPSA) is 98.5 Å². The van der Waals surface area contributed by atoms with E-state index in [1.54, 1.807) is 6.33 Å². The van der Waals surface area contributed by atoms with Crippen molar-refractivity contribution >= 4 is 17.5 Å². The maximum atomic E-state index is 12.5. The van der Waals surface area contributed by atoms with Crippen LogP contribution in [0.4, 0.5) is 11.5 Å². The van der Waals surface area contributed by atoms with E-state index < -0.39 is 17.0 Å². The Balaban J connectivity index is 1.55. The van der Waals surface area contributed by atoms with Crippen molar-refractivity contribution in [3.63, 3.8) is 0 Å². The molecule has 0 unspecified atom stereocenters. The lowest BCUT2D eigenvalue weighted by Crippen LogP contribution is -2.31. The maximum Gasteiger partial charge on any atom is 0.338 e. The summed E-state index contributed by atoms with van der Waals surface area (Å²) in [5.74, 6) is 0.659. The minimum absolute atomic E-state index is 0.0599. The number of fused-ring (bicyclic) bond motifs is 1. The van der Waals surface area contributed by atoms with Crippen molar-refractivity contribution in [2.45, 2.75) is 44.6 Å². The largest absolute Gasteiger partial charge is 0.452 e. The van der Waals surface area contributed by atoms with Crippen molar-refractivity contribution in [1.29, 1.82) is 0 Å². The highest BCUT2D eigenvalue weighted by Gasteiger charge is 2.36. The minimum Gasteiger partial charge on any atom is -0.452 e. The van der Waals surface area contributed by atoms with E-state index in [9.17, 15) is 14.9 Å². The molecule has 1 fully saturated rings. The molecule has 2 aromatic rings. The van der Waals surface area contributed by atoms with Crippen LogP contribution in [-0.2, 0) is 4.74 Å². The van der Waals surface area contributed by atoms with Crippen LogP contribution in [0, 0.1) is 10.1 Å². The van der Waals surface area contributed by atoms with Gasteiger partial charge in [0.05, 0.1) is 16.2 Å². The summed E-state index contributed by atoms with van der Waals surface area (Å²) in [7, 11) is 0. The molecule has 0 spiro atoms. The molecule has 2 atom stereocenters. The van der Waals surface area contributed by atoms with Crippen molar-refractivity contribution in [3.05, 3.63) is 57.5 Å². The maximum absolute atomic E-state index is 12.5. The summed E-state index contributed by atoms with van der Waals surface area (Å²) < 4.78 is 5.72. The summed E-state index contributed by atoms with van der Waals surface area (Å²) in [6.07, 6.45) is 5.34. The molecule has 2 heterocycles. The van der Waals surface area contributed by atoms with Crippen LogP contribution in [0.2, 0.25) is 0 Å². The van der Waals surface area contributed by atoms with Gasteiger partial charge in [0.25, 0.3) is 5.69 Å². The summed E-state index contributed by atoms with van der Waals surface area (Å²) in [6.45, 7) is 4.09. The Morgan fingerprint density at radius 1 is 1.18 bits per heavy atom. The molecule has 0 amide bonds. The van der Waals surface area contributed by atoms with E-state index >= 15 is 0 Å². The Kier molecular flexibility index (Phi) is 4.93. The van der Waals surface area contributed by atoms with Gasteiger partial charge in [0, 0.05) is 30.8 Å². The predicted molar refractivity (Wildman–Crippen MR) is 102 cm³/mol. The smallest absolute Gasteiger partial charge is 0.338 e. The predicted octanol–water partition coefficient (Wildman–Crippen LogP) is 3.78. The number of carbonyl (C=O) groups excluding carboxylic acids is 1. The van der Waals surface area contributed by atoms with E-state index in [-0.39, 0.29) is 17.2 Å². The fraction of sp³-hybridized carbons (Fsp3) is 0.450. The van der Waals surface area contributed by atoms with Crippen molar-refractivity contribution in [3.8, 4) is 0 Å². The van der Waals surface area contributed by atoms with Gasteiger partial charge in [-0.2, -0.15) is 0 Å². The van der Waals surface area contributed by atoms with Gasteiger partial charge in [0.2, 0.25) is 0 Å². The lowest BCUT2D eigenvalue weighted by molar-refractivity contribution is -0.384. The van der Waals surface area contributed by atoms with E-state index in [0.29, 0.717) is 6.42 Å². The molecule has 1 aliphatic carbocycles. The molecule has 0 N–H and O–H groups in total. The van der Waals surface area contributed by atoms with Gasteiger partial charge in [-0.05, 0) is 43.7 Å². The third kappa shape index (κ3) is 3.42. The number of nitrogens with zero attached hydrogens (tertiary/aromatic N) is 4. The first-order valence-electron chi connectivity index (χ1n) is 9.59. The van der Waals surface area contributed by atoms with Gasteiger partial charge in [-0.3, -0.25) is 10.1 Å². The van der Waals surface area contributed by atoms with Gasteiger partial charge >= 0.3 is 5.97 Å². The second kappa shape index (κ2) is 7.53. The molecular weight excluding hydrogens is 360 g/mol. The molecule has 8 heteroatoms. The Morgan fingerprint density at radius 3 is 2.57 bits per heavy atom. The quantitative estimate of drug-likeness (QED) is 0.451. The number of nitro benzene ring substituents is 1. The molecular formula is C20H22N4O4. The number of non-ortho nitro benzene ring substituents is 1. The van der Waals surface area contributed by atoms with Gasteiger partial charge < -0.3 is 9.64 Å². The van der Waals surface area contributed by atoms with Crippen LogP contribution in [0.25, 0.3) is 0 Å². The number of hydrogen-bond acceptors (Lipinski definition) is 7. The van der Waals surface area contributed by atoms with Crippen molar-refractivity contribution in [2.24, 2.45) is 0 Å². The van der Waals surface area contributed by atoms with Gasteiger partial charge in [-0.25, -0.2) is 14.8 Å². The molecule has 8 nitrogen and oxygen atoms in total. The number of esters is 1. The third-order valence-corrected chi connectivity index (χ3v) is 5.48. The number of anilines is 1. The second-order valence-electron chi connectivity index (χ2n) is 7.38. The molecule has 4 rings (SSSR count). The second-order valence-corrected chi connectivity index (χ2v) is 7.38. The van der Waals surface area contributed by atoms with Crippen LogP contribution < -0.4 is 4.90 Å². The Bertz CT molecular complexity index is 894. The van der Waals surface area contributed by atoms with Gasteiger partial charge in [0.15, 0.2) is 0 Å². The molecule has 1 aromatic carbocycles. The monoisotopic (exact) mass is 382 g/mol. The normalized spacial score (nSPS) is 21.2. The minimum atomic E-state index is -0.502. The Morgan fingerprint density at radius 2 is 1.89 bits per heavy atom. The molecule has 0 radical (unpaired) electrons. The Labute approximate surface area is 162 Å². The highest BCUT2D eigenvalue weighted by Crippen LogP contribution is 2.45. The first-order valence-corrected chi connectivity index (χ1v) is 9.59. The number of rotatable bonds is 4. The molecule has 1 saturated heterocycles. The lowest BCUT2D eigenvalue weighted by atomic mass is 10.0. The average molecular weight is 382 g/mol. The zero-order chi connectivity index (χ0) is 19.7. The van der Waals surface area contributed by atoms with Crippen molar-refractivity contribution in [2.75, 3.05) is 18.0 Å². The number of hydrogen-bond donors (Lipinski definition) is 0. The van der Waals surface area contributed by atoms with E-state index in [2.05, 4.69) is 21.8 Å². The van der Waals surface area contributed by atoms with E-state index in [0.717, 1.165) is 43.0 Å². The SMILES string of the molecule is C[C@@H]1C[C@H](OC(=O)c2ccc([N+](=O)[O-])cc2)c2ncnc(N3CCCCC3)c21. The Hall–Kier alpha value is -3.03. The molecule has 1 aliphatic heterocycles. The molecule has 146 valence electrons. The fourth-order valence-electron chi connectivity index (χ4n) is 4.06. The van der Waals surface area contributed by atoms with Crippen LogP contribution in [-0.4, -0.2) is 34.0 Å². The van der Waals surface area contributed by atoms with Crippen LogP contribution in [0.15, 0.2) is 30.6 Å². The first kappa shape index (κ1) is 18.3. The van der Waals surface area contributed by atoms with Crippen molar-refractivity contribution in [1.82, 2.24) is 9.97 Å². The van der Waals surface area contributed by atoms with Crippen LogP contribution in [0.5, 0.6) is 0 Å². The zero-order valence-corrected chi connectivity index (χ0v) is 15.7. The summed E-state index contributed by atoms with van der Waals surface area (Å²) >= 11 is 0. The highest BCUT2D eigenvalue weighted by atomic mass is 16.6. The zero-order valence-electron chi connectivity index (χ0n) is 15.7.